The molecule has 0 aromatic carbocycles. The predicted molar refractivity (Wildman–Crippen MR) is 44.6 cm³/mol. The average molecular weight is 168 g/mol. The molecule has 3 nitrogen and oxygen atoms in total. The molecule has 0 amide bonds. The second-order valence-corrected chi connectivity index (χ2v) is 2.89. The molecule has 1 unspecified atom stereocenters. The molecule has 0 heterocycles. The van der Waals surface area contributed by atoms with E-state index in [1.165, 1.54) is 7.11 Å². The lowest BCUT2D eigenvalue weighted by molar-refractivity contribution is -0.135. The van der Waals surface area contributed by atoms with Crippen LogP contribution < -0.4 is 0 Å². The summed E-state index contributed by atoms with van der Waals surface area (Å²) in [6.07, 6.45) is 4.00. The van der Waals surface area contributed by atoms with Gasteiger partial charge in [0, 0.05) is 6.42 Å². The van der Waals surface area contributed by atoms with Crippen molar-refractivity contribution in [1.29, 1.82) is 0 Å². The minimum Gasteiger partial charge on any atom is -0.511 e. The molecule has 0 bridgehead atoms. The number of ether oxygens (including phenoxy) is 1. The van der Waals surface area contributed by atoms with E-state index in [0.29, 0.717) is 12.3 Å². The van der Waals surface area contributed by atoms with E-state index in [1.54, 1.807) is 6.08 Å². The Morgan fingerprint density at radius 2 is 2.42 bits per heavy atom. The molecule has 0 aliphatic heterocycles. The highest BCUT2D eigenvalue weighted by atomic mass is 16.5. The Bertz CT molecular complexity index is 250. The Morgan fingerprint density at radius 1 is 1.75 bits per heavy atom. The van der Waals surface area contributed by atoms with Gasteiger partial charge in [-0.15, -0.1) is 0 Å². The molecule has 0 spiro atoms. The number of allylic oxidation sites excluding steroid dienone is 2. The highest BCUT2D eigenvalue weighted by Crippen LogP contribution is 2.21. The molecule has 0 saturated carbocycles. The van der Waals surface area contributed by atoms with Crippen molar-refractivity contribution in [3.63, 3.8) is 0 Å². The molecule has 0 aromatic heterocycles. The molecule has 0 fully saturated rings. The number of carbonyl (C=O) groups excluding carboxylic acids is 1. The first-order valence-electron chi connectivity index (χ1n) is 3.83. The van der Waals surface area contributed by atoms with Crippen LogP contribution in [0.1, 0.15) is 13.3 Å². The summed E-state index contributed by atoms with van der Waals surface area (Å²) in [5.74, 6) is -0.0640. The number of methoxy groups -OCH3 is 1. The summed E-state index contributed by atoms with van der Waals surface area (Å²) in [6, 6.07) is 0. The lowest BCUT2D eigenvalue weighted by Gasteiger charge is -2.13. The Balaban J connectivity index is 2.84. The first kappa shape index (κ1) is 8.84. The summed E-state index contributed by atoms with van der Waals surface area (Å²) < 4.78 is 4.49. The number of aliphatic hydroxyl groups is 1. The van der Waals surface area contributed by atoms with Gasteiger partial charge < -0.3 is 9.84 Å². The molecular formula is C9H12O3. The molecule has 1 aliphatic rings. The third kappa shape index (κ3) is 1.67. The lowest BCUT2D eigenvalue weighted by atomic mass is 9.97. The van der Waals surface area contributed by atoms with Crippen molar-refractivity contribution >= 4 is 5.97 Å². The molecule has 66 valence electrons. The number of esters is 1. The van der Waals surface area contributed by atoms with Crippen LogP contribution in [0.3, 0.4) is 0 Å². The van der Waals surface area contributed by atoms with Crippen LogP contribution in [0.15, 0.2) is 23.5 Å². The highest BCUT2D eigenvalue weighted by molar-refractivity contribution is 5.92. The number of aliphatic hydroxyl groups excluding tert-OH is 1. The largest absolute Gasteiger partial charge is 0.511 e. The maximum absolute atomic E-state index is 11.0. The van der Waals surface area contributed by atoms with Gasteiger partial charge in [0.1, 0.15) is 5.76 Å². The SMILES string of the molecule is COC(=O)C1=C(O)CC(C)C=C1. The molecule has 0 aromatic rings. The van der Waals surface area contributed by atoms with E-state index in [4.69, 9.17) is 0 Å². The summed E-state index contributed by atoms with van der Waals surface area (Å²) >= 11 is 0. The van der Waals surface area contributed by atoms with E-state index in [9.17, 15) is 9.90 Å². The van der Waals surface area contributed by atoms with Gasteiger partial charge in [-0.05, 0) is 12.0 Å². The number of hydrogen-bond donors (Lipinski definition) is 1. The topological polar surface area (TPSA) is 46.5 Å². The van der Waals surface area contributed by atoms with E-state index in [2.05, 4.69) is 4.74 Å². The summed E-state index contributed by atoms with van der Waals surface area (Å²) in [7, 11) is 1.30. The molecule has 1 atom stereocenters. The van der Waals surface area contributed by atoms with Gasteiger partial charge in [-0.25, -0.2) is 4.79 Å². The fourth-order valence-electron chi connectivity index (χ4n) is 1.14. The van der Waals surface area contributed by atoms with Crippen LogP contribution in [0.2, 0.25) is 0 Å². The van der Waals surface area contributed by atoms with Crippen molar-refractivity contribution in [2.75, 3.05) is 7.11 Å². The van der Waals surface area contributed by atoms with E-state index >= 15 is 0 Å². The van der Waals surface area contributed by atoms with Gasteiger partial charge in [0.2, 0.25) is 0 Å². The van der Waals surface area contributed by atoms with Crippen LogP contribution >= 0.6 is 0 Å². The average Bonchev–Trinajstić information content (AvgIpc) is 2.03. The molecule has 1 aliphatic carbocycles. The summed E-state index contributed by atoms with van der Waals surface area (Å²) in [5, 5.41) is 9.37. The Hall–Kier alpha value is -1.25. The lowest BCUT2D eigenvalue weighted by Crippen LogP contribution is -2.11. The first-order valence-corrected chi connectivity index (χ1v) is 3.83. The second-order valence-electron chi connectivity index (χ2n) is 2.89. The van der Waals surface area contributed by atoms with Crippen molar-refractivity contribution in [2.24, 2.45) is 5.92 Å². The monoisotopic (exact) mass is 168 g/mol. The van der Waals surface area contributed by atoms with Crippen molar-refractivity contribution in [1.82, 2.24) is 0 Å². The summed E-state index contributed by atoms with van der Waals surface area (Å²) in [4.78, 5) is 11.0. The smallest absolute Gasteiger partial charge is 0.341 e. The molecule has 1 rings (SSSR count). The number of hydrogen-bond acceptors (Lipinski definition) is 3. The Labute approximate surface area is 71.3 Å². The molecule has 12 heavy (non-hydrogen) atoms. The molecule has 0 radical (unpaired) electrons. The van der Waals surface area contributed by atoms with Crippen molar-refractivity contribution in [2.45, 2.75) is 13.3 Å². The van der Waals surface area contributed by atoms with Gasteiger partial charge >= 0.3 is 5.97 Å². The van der Waals surface area contributed by atoms with Crippen LogP contribution in [0, 0.1) is 5.92 Å². The predicted octanol–water partition coefficient (Wildman–Crippen LogP) is 1.57. The Kier molecular flexibility index (Phi) is 2.53. The summed E-state index contributed by atoms with van der Waals surface area (Å²) in [6.45, 7) is 1.97. The maximum atomic E-state index is 11.0. The molecule has 1 N–H and O–H groups in total. The van der Waals surface area contributed by atoms with Crippen LogP contribution in [-0.2, 0) is 9.53 Å². The molecular weight excluding hydrogens is 156 g/mol. The van der Waals surface area contributed by atoms with Crippen LogP contribution in [-0.4, -0.2) is 18.2 Å². The third-order valence-electron chi connectivity index (χ3n) is 1.82. The normalized spacial score (nSPS) is 22.7. The van der Waals surface area contributed by atoms with Crippen LogP contribution in [0.5, 0.6) is 0 Å². The van der Waals surface area contributed by atoms with Crippen LogP contribution in [0.4, 0.5) is 0 Å². The second kappa shape index (κ2) is 3.43. The third-order valence-corrected chi connectivity index (χ3v) is 1.82. The molecule has 3 heteroatoms. The van der Waals surface area contributed by atoms with Crippen molar-refractivity contribution in [3.05, 3.63) is 23.5 Å². The van der Waals surface area contributed by atoms with Gasteiger partial charge in [-0.3, -0.25) is 0 Å². The minimum absolute atomic E-state index is 0.122. The zero-order chi connectivity index (χ0) is 9.14. The van der Waals surface area contributed by atoms with Gasteiger partial charge in [-0.2, -0.15) is 0 Å². The molecule has 0 saturated heterocycles. The van der Waals surface area contributed by atoms with E-state index in [1.807, 2.05) is 13.0 Å². The fourth-order valence-corrected chi connectivity index (χ4v) is 1.14. The highest BCUT2D eigenvalue weighted by Gasteiger charge is 2.18. The minimum atomic E-state index is -0.476. The van der Waals surface area contributed by atoms with Crippen molar-refractivity contribution < 1.29 is 14.6 Å². The standard InChI is InChI=1S/C9H12O3/c1-6-3-4-7(8(10)5-6)9(11)12-2/h3-4,6,10H,5H2,1-2H3. The van der Waals surface area contributed by atoms with E-state index < -0.39 is 5.97 Å². The van der Waals surface area contributed by atoms with Gasteiger partial charge in [0.05, 0.1) is 12.7 Å². The Morgan fingerprint density at radius 3 is 2.92 bits per heavy atom. The summed E-state index contributed by atoms with van der Waals surface area (Å²) in [5.41, 5.74) is 0.274. The van der Waals surface area contributed by atoms with Crippen molar-refractivity contribution in [3.8, 4) is 0 Å². The van der Waals surface area contributed by atoms with Gasteiger partial charge in [0.25, 0.3) is 0 Å². The zero-order valence-electron chi connectivity index (χ0n) is 7.20. The quantitative estimate of drug-likeness (QED) is 0.604. The number of carbonyl (C=O) groups is 1. The fraction of sp³-hybridized carbons (Fsp3) is 0.444. The maximum Gasteiger partial charge on any atom is 0.341 e. The zero-order valence-corrected chi connectivity index (χ0v) is 7.20. The van der Waals surface area contributed by atoms with E-state index in [0.717, 1.165) is 0 Å². The van der Waals surface area contributed by atoms with Gasteiger partial charge in [0.15, 0.2) is 0 Å². The van der Waals surface area contributed by atoms with E-state index in [-0.39, 0.29) is 11.3 Å². The first-order chi connectivity index (χ1) is 5.65. The number of rotatable bonds is 1. The van der Waals surface area contributed by atoms with Gasteiger partial charge in [-0.1, -0.05) is 13.0 Å². The van der Waals surface area contributed by atoms with Crippen LogP contribution in [0.25, 0.3) is 0 Å².